The molecule has 0 radical (unpaired) electrons. The number of likely N-dealkylation sites (N-methyl/N-ethyl adjacent to an activating group) is 1. The molecule has 1 heterocycles. The zero-order chi connectivity index (χ0) is 16.7. The summed E-state index contributed by atoms with van der Waals surface area (Å²) in [4.78, 5) is 14.4. The van der Waals surface area contributed by atoms with Crippen LogP contribution in [0.25, 0.3) is 0 Å². The van der Waals surface area contributed by atoms with E-state index in [1.54, 1.807) is 0 Å². The number of hydrogen-bond donors (Lipinski definition) is 2. The van der Waals surface area contributed by atoms with Crippen LogP contribution in [0.4, 0.5) is 4.79 Å². The van der Waals surface area contributed by atoms with E-state index in [-0.39, 0.29) is 18.1 Å². The van der Waals surface area contributed by atoms with Crippen molar-refractivity contribution in [2.45, 2.75) is 31.3 Å². The Kier molecular flexibility index (Phi) is 7.15. The predicted octanol–water partition coefficient (Wildman–Crippen LogP) is 2.81. The van der Waals surface area contributed by atoms with Crippen molar-refractivity contribution < 1.29 is 9.53 Å². The largest absolute Gasteiger partial charge is 0.381 e. The maximum absolute atomic E-state index is 12.3. The molecule has 2 amide bonds. The van der Waals surface area contributed by atoms with Crippen molar-refractivity contribution >= 4 is 17.6 Å². The van der Waals surface area contributed by atoms with Gasteiger partial charge >= 0.3 is 6.03 Å². The van der Waals surface area contributed by atoms with Crippen LogP contribution in [0, 0.1) is 0 Å². The molecular formula is C17H26ClN3O2. The van der Waals surface area contributed by atoms with Gasteiger partial charge in [0, 0.05) is 30.8 Å². The molecule has 6 heteroatoms. The Morgan fingerprint density at radius 3 is 2.74 bits per heavy atom. The Hall–Kier alpha value is -1.30. The van der Waals surface area contributed by atoms with Gasteiger partial charge in [-0.1, -0.05) is 23.7 Å². The second kappa shape index (κ2) is 9.11. The third kappa shape index (κ3) is 6.37. The SMILES string of the molecule is CN(C)C[C@H](NC(=O)N[C@@H]1CCCOCC1)c1ccc(Cl)cc1. The average molecular weight is 340 g/mol. The molecule has 0 aromatic heterocycles. The molecule has 0 unspecified atom stereocenters. The highest BCUT2D eigenvalue weighted by atomic mass is 35.5. The fourth-order valence-corrected chi connectivity index (χ4v) is 2.85. The molecule has 0 spiro atoms. The quantitative estimate of drug-likeness (QED) is 0.867. The smallest absolute Gasteiger partial charge is 0.315 e. The van der Waals surface area contributed by atoms with Crippen molar-refractivity contribution in [1.82, 2.24) is 15.5 Å². The molecule has 5 nitrogen and oxygen atoms in total. The lowest BCUT2D eigenvalue weighted by Gasteiger charge is -2.24. The first-order valence-electron chi connectivity index (χ1n) is 8.09. The van der Waals surface area contributed by atoms with Crippen molar-refractivity contribution in [2.75, 3.05) is 33.9 Å². The summed E-state index contributed by atoms with van der Waals surface area (Å²) in [6.07, 6.45) is 2.82. The molecule has 2 atom stereocenters. The van der Waals surface area contributed by atoms with Gasteiger partial charge in [0.2, 0.25) is 0 Å². The summed E-state index contributed by atoms with van der Waals surface area (Å²) in [5.74, 6) is 0. The number of amides is 2. The lowest BCUT2D eigenvalue weighted by atomic mass is 10.1. The zero-order valence-corrected chi connectivity index (χ0v) is 14.6. The molecule has 2 N–H and O–H groups in total. The van der Waals surface area contributed by atoms with E-state index < -0.39 is 0 Å². The minimum Gasteiger partial charge on any atom is -0.381 e. The third-order valence-electron chi connectivity index (χ3n) is 3.91. The number of nitrogens with one attached hydrogen (secondary N) is 2. The van der Waals surface area contributed by atoms with Crippen LogP contribution in [0.3, 0.4) is 0 Å². The number of hydrogen-bond acceptors (Lipinski definition) is 3. The van der Waals surface area contributed by atoms with E-state index in [1.807, 2.05) is 38.4 Å². The highest BCUT2D eigenvalue weighted by Crippen LogP contribution is 2.17. The van der Waals surface area contributed by atoms with E-state index in [9.17, 15) is 4.79 Å². The molecular weight excluding hydrogens is 314 g/mol. The number of ether oxygens (including phenoxy) is 1. The second-order valence-electron chi connectivity index (χ2n) is 6.22. The van der Waals surface area contributed by atoms with Crippen LogP contribution >= 0.6 is 11.6 Å². The minimum absolute atomic E-state index is 0.0794. The average Bonchev–Trinajstić information content (AvgIpc) is 2.75. The lowest BCUT2D eigenvalue weighted by Crippen LogP contribution is -2.45. The number of nitrogens with zero attached hydrogens (tertiary/aromatic N) is 1. The van der Waals surface area contributed by atoms with Crippen LogP contribution in [0.2, 0.25) is 5.02 Å². The highest BCUT2D eigenvalue weighted by Gasteiger charge is 2.19. The van der Waals surface area contributed by atoms with E-state index in [1.165, 1.54) is 0 Å². The van der Waals surface area contributed by atoms with Gasteiger partial charge in [0.1, 0.15) is 0 Å². The molecule has 128 valence electrons. The molecule has 1 aromatic rings. The van der Waals surface area contributed by atoms with Crippen LogP contribution in [-0.2, 0) is 4.74 Å². The molecule has 1 fully saturated rings. The van der Waals surface area contributed by atoms with Gasteiger partial charge in [-0.2, -0.15) is 0 Å². The van der Waals surface area contributed by atoms with Gasteiger partial charge in [0.15, 0.2) is 0 Å². The fraction of sp³-hybridized carbons (Fsp3) is 0.588. The first-order chi connectivity index (χ1) is 11.0. The summed E-state index contributed by atoms with van der Waals surface area (Å²) in [6.45, 7) is 2.22. The summed E-state index contributed by atoms with van der Waals surface area (Å²) in [5.41, 5.74) is 1.04. The van der Waals surface area contributed by atoms with Crippen LogP contribution in [-0.4, -0.2) is 50.8 Å². The first-order valence-corrected chi connectivity index (χ1v) is 8.47. The summed E-state index contributed by atoms with van der Waals surface area (Å²) >= 11 is 5.95. The summed E-state index contributed by atoms with van der Waals surface area (Å²) in [6, 6.07) is 7.58. The fourth-order valence-electron chi connectivity index (χ4n) is 2.73. The van der Waals surface area contributed by atoms with E-state index >= 15 is 0 Å². The Labute approximate surface area is 143 Å². The van der Waals surface area contributed by atoms with Crippen molar-refractivity contribution in [3.05, 3.63) is 34.9 Å². The van der Waals surface area contributed by atoms with E-state index in [0.29, 0.717) is 11.6 Å². The van der Waals surface area contributed by atoms with E-state index in [0.717, 1.165) is 38.0 Å². The van der Waals surface area contributed by atoms with Gasteiger partial charge < -0.3 is 20.3 Å². The van der Waals surface area contributed by atoms with Crippen molar-refractivity contribution in [1.29, 1.82) is 0 Å². The van der Waals surface area contributed by atoms with Gasteiger partial charge in [0.05, 0.1) is 6.04 Å². The van der Waals surface area contributed by atoms with Gasteiger partial charge in [-0.05, 0) is 51.1 Å². The molecule has 23 heavy (non-hydrogen) atoms. The lowest BCUT2D eigenvalue weighted by molar-refractivity contribution is 0.142. The topological polar surface area (TPSA) is 53.6 Å². The highest BCUT2D eigenvalue weighted by molar-refractivity contribution is 6.30. The van der Waals surface area contributed by atoms with Crippen molar-refractivity contribution in [3.63, 3.8) is 0 Å². The summed E-state index contributed by atoms with van der Waals surface area (Å²) in [5, 5.41) is 6.84. The minimum atomic E-state index is -0.126. The molecule has 1 aliphatic rings. The number of rotatable bonds is 5. The van der Waals surface area contributed by atoms with Gasteiger partial charge in [0.25, 0.3) is 0 Å². The van der Waals surface area contributed by atoms with E-state index in [2.05, 4.69) is 15.5 Å². The van der Waals surface area contributed by atoms with Crippen LogP contribution < -0.4 is 10.6 Å². The molecule has 2 rings (SSSR count). The first kappa shape index (κ1) is 18.0. The third-order valence-corrected chi connectivity index (χ3v) is 4.16. The predicted molar refractivity (Wildman–Crippen MR) is 92.9 cm³/mol. The van der Waals surface area contributed by atoms with Crippen LogP contribution in [0.1, 0.15) is 30.9 Å². The number of urea groups is 1. The van der Waals surface area contributed by atoms with Crippen LogP contribution in [0.15, 0.2) is 24.3 Å². The van der Waals surface area contributed by atoms with Gasteiger partial charge in [-0.25, -0.2) is 4.79 Å². The summed E-state index contributed by atoms with van der Waals surface area (Å²) < 4.78 is 5.43. The van der Waals surface area contributed by atoms with E-state index in [4.69, 9.17) is 16.3 Å². The maximum atomic E-state index is 12.3. The Bertz CT molecular complexity index is 485. The molecule has 0 saturated carbocycles. The Morgan fingerprint density at radius 1 is 1.30 bits per heavy atom. The zero-order valence-electron chi connectivity index (χ0n) is 13.8. The monoisotopic (exact) mass is 339 g/mol. The van der Waals surface area contributed by atoms with Gasteiger partial charge in [-0.3, -0.25) is 0 Å². The standard InChI is InChI=1S/C17H26ClN3O2/c1-21(2)12-16(13-5-7-14(18)8-6-13)20-17(22)19-15-4-3-10-23-11-9-15/h5-8,15-16H,3-4,9-12H2,1-2H3,(H2,19,20,22)/t15-,16+/m1/s1. The molecule has 1 saturated heterocycles. The normalized spacial score (nSPS) is 19.9. The molecule has 0 aliphatic carbocycles. The number of carbonyl (C=O) groups excluding carboxylic acids is 1. The van der Waals surface area contributed by atoms with Crippen LogP contribution in [0.5, 0.6) is 0 Å². The Morgan fingerprint density at radius 2 is 2.04 bits per heavy atom. The summed E-state index contributed by atoms with van der Waals surface area (Å²) in [7, 11) is 3.98. The molecule has 1 aromatic carbocycles. The number of halogens is 1. The second-order valence-corrected chi connectivity index (χ2v) is 6.66. The number of carbonyl (C=O) groups is 1. The van der Waals surface area contributed by atoms with Gasteiger partial charge in [-0.15, -0.1) is 0 Å². The number of benzene rings is 1. The van der Waals surface area contributed by atoms with Crippen molar-refractivity contribution in [2.24, 2.45) is 0 Å². The molecule has 0 bridgehead atoms. The maximum Gasteiger partial charge on any atom is 0.315 e. The Balaban J connectivity index is 1.96. The molecule has 1 aliphatic heterocycles. The van der Waals surface area contributed by atoms with Crippen molar-refractivity contribution in [3.8, 4) is 0 Å².